The minimum absolute atomic E-state index is 0.0317. The Bertz CT molecular complexity index is 4110. The van der Waals surface area contributed by atoms with Crippen molar-refractivity contribution in [3.05, 3.63) is 132 Å². The average Bonchev–Trinajstić information content (AvgIpc) is 1.58. The van der Waals surface area contributed by atoms with Crippen LogP contribution in [-0.2, 0) is 63.6 Å². The van der Waals surface area contributed by atoms with Gasteiger partial charge in [-0.3, -0.25) is 52.9 Å². The van der Waals surface area contributed by atoms with E-state index in [0.29, 0.717) is 12.8 Å². The molecule has 7 unspecified atom stereocenters. The zero-order valence-corrected chi connectivity index (χ0v) is 60.6. The van der Waals surface area contributed by atoms with Crippen LogP contribution in [0.4, 0.5) is 11.4 Å². The van der Waals surface area contributed by atoms with E-state index >= 15 is 0 Å². The quantitative estimate of drug-likeness (QED) is 0.0110. The third-order valence-corrected chi connectivity index (χ3v) is 21.2. The second-order valence-electron chi connectivity index (χ2n) is 26.9. The highest BCUT2D eigenvalue weighted by atomic mass is 33.1. The van der Waals surface area contributed by atoms with E-state index in [0.717, 1.165) is 88.4 Å². The molecule has 0 radical (unpaired) electrons. The molecule has 7 atom stereocenters. The lowest BCUT2D eigenvalue weighted by atomic mass is 9.79. The molecule has 4 heterocycles. The highest BCUT2D eigenvalue weighted by molar-refractivity contribution is 8.76. The predicted octanol–water partition coefficient (Wildman–Crippen LogP) is 4.18. The number of anilines is 1. The molecule has 104 heavy (non-hydrogen) atoms. The summed E-state index contributed by atoms with van der Waals surface area (Å²) in [5, 5.41) is 62.1. The van der Waals surface area contributed by atoms with Crippen molar-refractivity contribution in [2.45, 2.75) is 158 Å². The number of rotatable bonds is 25. The molecule has 30 heteroatoms. The summed E-state index contributed by atoms with van der Waals surface area (Å²) in [4.78, 5) is 157. The Morgan fingerprint density at radius 2 is 1.39 bits per heavy atom. The first-order valence-corrected chi connectivity index (χ1v) is 37.3. The number of guanidine groups is 1. The third kappa shape index (κ3) is 20.2. The van der Waals surface area contributed by atoms with Gasteiger partial charge in [-0.05, 0) is 91.3 Å². The van der Waals surface area contributed by atoms with Crippen LogP contribution in [0.15, 0.2) is 126 Å². The van der Waals surface area contributed by atoms with Crippen LogP contribution in [0.1, 0.15) is 116 Å². The first-order valence-electron chi connectivity index (χ1n) is 34.8. The van der Waals surface area contributed by atoms with Crippen LogP contribution in [0, 0.1) is 0 Å². The number of hydrogen-bond acceptors (Lipinski definition) is 16. The number of aliphatic imine (C=N–C) groups is 1. The van der Waals surface area contributed by atoms with Gasteiger partial charge in [0.05, 0.1) is 25.0 Å². The first-order chi connectivity index (χ1) is 49.7. The summed E-state index contributed by atoms with van der Waals surface area (Å²) < 4.78 is 2.09. The largest absolute Gasteiger partial charge is 0.481 e. The maximum atomic E-state index is 14.6. The lowest BCUT2D eigenvalue weighted by Crippen LogP contribution is -2.60. The van der Waals surface area contributed by atoms with Crippen LogP contribution in [0.5, 0.6) is 0 Å². The SMILES string of the molecule is CCCCCC(NC(=O)C1CSSCC(NC(=O)CCN2/C(=C/C=C/C=C/C=C/C3=[N+](CCC(=O)O)c4ccc5ccccc5c4C3(C)C)C(C)(C)c3c2ccc2ccccc32)C(=O)NCC(=O)NC(CCCN=C(N)N)C(=O)NC(CC(=O)O)C(=O)NC(CO)C(=O)N2CCCC2C(=O)N1)C(=O)O. The number of benzene rings is 4. The Morgan fingerprint density at radius 1 is 0.731 bits per heavy atom. The number of amides is 8. The van der Waals surface area contributed by atoms with Crippen LogP contribution in [-0.4, -0.2) is 200 Å². The first kappa shape index (κ1) is 79.6. The predicted molar refractivity (Wildman–Crippen MR) is 399 cm³/mol. The molecule has 0 aromatic heterocycles. The number of carbonyl (C=O) groups is 11. The molecule has 8 amide bonds. The fraction of sp³-hybridized carbons (Fsp3) is 0.446. The van der Waals surface area contributed by atoms with Gasteiger partial charge in [-0.1, -0.05) is 147 Å². The lowest BCUT2D eigenvalue weighted by Gasteiger charge is -2.30. The standard InChI is InChI=1S/C74H93N13O15S2/c1-6-7-11-24-49(71(101)102)81-68(98)53-43-104-103-42-52(65(95)78-40-60(90)79-48(25-18-35-77-72(75)76)66(96)82-50(39-62(93)94)67(97)83-51(41-88)70(100)87-36-19-26-56(87)69(99)84-53)80-59(89)33-37-85-54-31-29-44-20-14-16-22-46(44)63(54)73(2,3)57(85)27-12-9-8-10-13-28-58-74(4,5)64-47-23-17-15-21-45(47)30-32-55(64)86(58)38-34-61(91)92/h8-10,12-17,20-23,27-32,48-53,56,88H,6-7,11,18-19,24-26,33-43H2,1-5H3,(H13-,75,76,77,78,79,80,81,82,83,84,89,90,91,92,93,94,95,96,97,98,99,101,102)/p+1. The van der Waals surface area contributed by atoms with Crippen LogP contribution in [0.3, 0.4) is 0 Å². The van der Waals surface area contributed by atoms with Crippen molar-refractivity contribution in [3.8, 4) is 0 Å². The van der Waals surface area contributed by atoms with Crippen LogP contribution < -0.4 is 53.6 Å². The smallest absolute Gasteiger partial charge is 0.326 e. The zero-order valence-electron chi connectivity index (χ0n) is 59.0. The van der Waals surface area contributed by atoms with E-state index < -0.39 is 138 Å². The van der Waals surface area contributed by atoms with Gasteiger partial charge in [0.25, 0.3) is 0 Å². The van der Waals surface area contributed by atoms with Gasteiger partial charge in [0.1, 0.15) is 48.7 Å². The summed E-state index contributed by atoms with van der Waals surface area (Å²) in [6.07, 6.45) is 14.4. The molecule has 2 saturated heterocycles. The fourth-order valence-electron chi connectivity index (χ4n) is 13.6. The molecular weight excluding hydrogens is 1380 g/mol. The summed E-state index contributed by atoms with van der Waals surface area (Å²) in [6.45, 7) is 8.90. The number of allylic oxidation sites excluding steroid dienone is 8. The summed E-state index contributed by atoms with van der Waals surface area (Å²) >= 11 is 0. The normalized spacial score (nSPS) is 22.0. The second kappa shape index (κ2) is 36.9. The van der Waals surface area contributed by atoms with Crippen LogP contribution >= 0.6 is 21.6 Å². The van der Waals surface area contributed by atoms with Gasteiger partial charge in [-0.15, -0.1) is 0 Å². The van der Waals surface area contributed by atoms with E-state index in [4.69, 9.17) is 11.5 Å². The van der Waals surface area contributed by atoms with E-state index in [1.807, 2.05) is 98.0 Å². The Balaban J connectivity index is 1.07. The summed E-state index contributed by atoms with van der Waals surface area (Å²) in [7, 11) is 2.00. The highest BCUT2D eigenvalue weighted by Crippen LogP contribution is 2.51. The van der Waals surface area contributed by atoms with E-state index in [1.165, 1.54) is 0 Å². The molecule has 4 aromatic carbocycles. The summed E-state index contributed by atoms with van der Waals surface area (Å²) in [6, 6.07) is 13.6. The summed E-state index contributed by atoms with van der Waals surface area (Å²) in [5.41, 5.74) is 15.7. The average molecular weight is 1470 g/mol. The number of aliphatic hydroxyl groups is 1. The van der Waals surface area contributed by atoms with Crippen LogP contribution in [0.25, 0.3) is 21.5 Å². The van der Waals surface area contributed by atoms with Gasteiger partial charge in [0.15, 0.2) is 18.2 Å². The monoisotopic (exact) mass is 1470 g/mol. The van der Waals surface area contributed by atoms with Crippen molar-refractivity contribution in [3.63, 3.8) is 0 Å². The Hall–Kier alpha value is -10.1. The maximum Gasteiger partial charge on any atom is 0.326 e. The molecule has 0 saturated carbocycles. The number of nitrogens with one attached hydrogen (secondary N) is 7. The molecule has 15 N–H and O–H groups in total. The van der Waals surface area contributed by atoms with Gasteiger partial charge in [-0.2, -0.15) is 4.58 Å². The van der Waals surface area contributed by atoms with Crippen molar-refractivity contribution in [2.24, 2.45) is 16.5 Å². The Morgan fingerprint density at radius 3 is 2.08 bits per heavy atom. The second-order valence-corrected chi connectivity index (χ2v) is 29.5. The van der Waals surface area contributed by atoms with Crippen molar-refractivity contribution in [1.29, 1.82) is 0 Å². The molecule has 556 valence electrons. The molecule has 0 bridgehead atoms. The van der Waals surface area contributed by atoms with Gasteiger partial charge in [0, 0.05) is 72.1 Å². The molecule has 4 aromatic rings. The van der Waals surface area contributed by atoms with Gasteiger partial charge < -0.3 is 78.9 Å². The number of nitrogens with zero attached hydrogens (tertiary/aromatic N) is 4. The molecule has 28 nitrogen and oxygen atoms in total. The molecule has 4 aliphatic heterocycles. The van der Waals surface area contributed by atoms with Crippen molar-refractivity contribution < 1.29 is 77.7 Å². The number of nitrogens with two attached hydrogens (primary N) is 2. The highest BCUT2D eigenvalue weighted by Gasteiger charge is 2.47. The summed E-state index contributed by atoms with van der Waals surface area (Å²) in [5.74, 6) is -11.9. The van der Waals surface area contributed by atoms with Crippen molar-refractivity contribution in [1.82, 2.24) is 42.1 Å². The number of carboxylic acid groups (broad SMARTS) is 3. The minimum Gasteiger partial charge on any atom is -0.481 e. The molecule has 0 aliphatic carbocycles. The third-order valence-electron chi connectivity index (χ3n) is 18.8. The Kier molecular flexibility index (Phi) is 28.2. The maximum absolute atomic E-state index is 14.6. The van der Waals surface area contributed by atoms with E-state index in [2.05, 4.69) is 104 Å². The molecule has 4 aliphatic rings. The minimum atomic E-state index is -1.91. The van der Waals surface area contributed by atoms with Crippen LogP contribution in [0.2, 0.25) is 0 Å². The molecular formula is C74H94N13O15S2+. The number of hydrogen-bond donors (Lipinski definition) is 13. The number of unbranched alkanes of at least 4 members (excludes halogenated alkanes) is 2. The molecule has 8 rings (SSSR count). The number of aliphatic carboxylic acids is 3. The van der Waals surface area contributed by atoms with E-state index in [9.17, 15) is 73.2 Å². The fourth-order valence-corrected chi connectivity index (χ4v) is 16.0. The van der Waals surface area contributed by atoms with Gasteiger partial charge in [-0.25, -0.2) is 4.79 Å². The van der Waals surface area contributed by atoms with Crippen molar-refractivity contribution in [2.75, 3.05) is 55.7 Å². The van der Waals surface area contributed by atoms with Gasteiger partial charge in [0.2, 0.25) is 52.9 Å². The number of fused-ring (bicyclic) bond motifs is 7. The van der Waals surface area contributed by atoms with Crippen molar-refractivity contribution >= 4 is 131 Å². The molecule has 2 fully saturated rings. The Labute approximate surface area is 610 Å². The molecule has 0 spiro atoms. The van der Waals surface area contributed by atoms with Gasteiger partial charge >= 0.3 is 17.9 Å². The van der Waals surface area contributed by atoms with E-state index in [-0.39, 0.29) is 88.6 Å². The topological polar surface area (TPSA) is 427 Å². The number of aliphatic hydroxyl groups excluding tert-OH is 1. The number of carbonyl (C=O) groups excluding carboxylic acids is 8. The number of carboxylic acids is 3. The lowest BCUT2D eigenvalue weighted by molar-refractivity contribution is -0.436. The van der Waals surface area contributed by atoms with E-state index in [1.54, 1.807) is 0 Å². The zero-order chi connectivity index (χ0) is 75.4.